The minimum atomic E-state index is 0.360. The predicted octanol–water partition coefficient (Wildman–Crippen LogP) is 5.72. The highest BCUT2D eigenvalue weighted by molar-refractivity contribution is 6.31. The van der Waals surface area contributed by atoms with Gasteiger partial charge >= 0.3 is 0 Å². The van der Waals surface area contributed by atoms with Gasteiger partial charge < -0.3 is 5.32 Å². The number of rotatable bonds is 6. The summed E-state index contributed by atoms with van der Waals surface area (Å²) in [6.07, 6.45) is 2.57. The minimum Gasteiger partial charge on any atom is -0.308 e. The maximum absolute atomic E-state index is 6.46. The van der Waals surface area contributed by atoms with Crippen molar-refractivity contribution in [3.8, 4) is 0 Å². The van der Waals surface area contributed by atoms with E-state index in [4.69, 9.17) is 11.6 Å². The lowest BCUT2D eigenvalue weighted by Gasteiger charge is -2.54. The molecule has 3 fully saturated rings. The zero-order chi connectivity index (χ0) is 20.3. The normalized spacial score (nSPS) is 25.5. The van der Waals surface area contributed by atoms with Gasteiger partial charge in [-0.05, 0) is 54.6 Å². The number of fused-ring (bicyclic) bond motifs is 3. The molecule has 3 aliphatic rings. The van der Waals surface area contributed by atoms with Crippen LogP contribution in [0.1, 0.15) is 35.4 Å². The summed E-state index contributed by atoms with van der Waals surface area (Å²) in [5, 5.41) is 4.81. The molecule has 3 aliphatic heterocycles. The maximum Gasteiger partial charge on any atom is 0.0450 e. The molecule has 0 saturated carbocycles. The lowest BCUT2D eigenvalue weighted by atomic mass is 9.70. The van der Waals surface area contributed by atoms with Crippen LogP contribution in [0.4, 0.5) is 0 Å². The van der Waals surface area contributed by atoms with Crippen molar-refractivity contribution in [3.05, 3.63) is 107 Å². The molecule has 2 bridgehead atoms. The van der Waals surface area contributed by atoms with Gasteiger partial charge in [-0.1, -0.05) is 90.5 Å². The highest BCUT2D eigenvalue weighted by Crippen LogP contribution is 2.42. The Morgan fingerprint density at radius 2 is 1.37 bits per heavy atom. The Kier molecular flexibility index (Phi) is 5.90. The van der Waals surface area contributed by atoms with Crippen LogP contribution in [0.15, 0.2) is 84.9 Å². The van der Waals surface area contributed by atoms with Crippen molar-refractivity contribution in [3.63, 3.8) is 0 Å². The fraction of sp³-hybridized carbons (Fsp3) is 0.333. The van der Waals surface area contributed by atoms with E-state index in [1.165, 1.54) is 42.6 Å². The molecule has 0 unspecified atom stereocenters. The first-order valence-electron chi connectivity index (χ1n) is 11.1. The second-order valence-corrected chi connectivity index (χ2v) is 9.07. The Bertz CT molecular complexity index is 911. The summed E-state index contributed by atoms with van der Waals surface area (Å²) in [6, 6.07) is 31.2. The van der Waals surface area contributed by atoms with Gasteiger partial charge in [-0.2, -0.15) is 0 Å². The summed E-state index contributed by atoms with van der Waals surface area (Å²) in [5.41, 5.74) is 4.00. The van der Waals surface area contributed by atoms with Crippen LogP contribution >= 0.6 is 11.6 Å². The first kappa shape index (κ1) is 19.8. The van der Waals surface area contributed by atoms with E-state index in [0.29, 0.717) is 18.0 Å². The third kappa shape index (κ3) is 3.92. The van der Waals surface area contributed by atoms with Crippen molar-refractivity contribution >= 4 is 11.6 Å². The molecule has 3 aromatic carbocycles. The number of hydrogen-bond donors (Lipinski definition) is 1. The molecule has 154 valence electrons. The molecular formula is C27H29ClN2. The van der Waals surface area contributed by atoms with Crippen LogP contribution in [0.2, 0.25) is 5.02 Å². The molecule has 30 heavy (non-hydrogen) atoms. The van der Waals surface area contributed by atoms with Gasteiger partial charge in [-0.3, -0.25) is 4.90 Å². The number of hydrogen-bond acceptors (Lipinski definition) is 2. The quantitative estimate of drug-likeness (QED) is 0.552. The van der Waals surface area contributed by atoms with Gasteiger partial charge in [0, 0.05) is 29.6 Å². The summed E-state index contributed by atoms with van der Waals surface area (Å²) in [7, 11) is 0. The Morgan fingerprint density at radius 1 is 0.800 bits per heavy atom. The van der Waals surface area contributed by atoms with E-state index in [9.17, 15) is 0 Å². The Balaban J connectivity index is 1.50. The zero-order valence-corrected chi connectivity index (χ0v) is 18.0. The summed E-state index contributed by atoms with van der Waals surface area (Å²) in [6.45, 7) is 3.23. The van der Waals surface area contributed by atoms with Gasteiger partial charge in [0.2, 0.25) is 0 Å². The van der Waals surface area contributed by atoms with Crippen LogP contribution in [-0.4, -0.2) is 30.1 Å². The SMILES string of the molecule is Clc1ccccc1CN[C@@H]1C2CCN(CC2)[C@H]1C(c1ccccc1)c1ccccc1. The van der Waals surface area contributed by atoms with Crippen LogP contribution < -0.4 is 5.32 Å². The standard InChI is InChI=1S/C27H29ClN2/c28-24-14-8-7-13-23(24)19-29-26-22-15-17-30(18-16-22)27(26)25(20-9-3-1-4-10-20)21-11-5-2-6-12-21/h1-14,22,25-27,29H,15-19H2/t26-,27+/m1/s1. The molecule has 3 aromatic rings. The van der Waals surface area contributed by atoms with Gasteiger partial charge in [0.1, 0.15) is 0 Å². The van der Waals surface area contributed by atoms with E-state index in [1.807, 2.05) is 12.1 Å². The fourth-order valence-corrected chi connectivity index (χ4v) is 5.77. The Morgan fingerprint density at radius 3 is 1.97 bits per heavy atom. The number of halogens is 1. The monoisotopic (exact) mass is 416 g/mol. The molecule has 3 heterocycles. The van der Waals surface area contributed by atoms with E-state index < -0.39 is 0 Å². The summed E-state index contributed by atoms with van der Waals surface area (Å²) >= 11 is 6.46. The van der Waals surface area contributed by atoms with Crippen molar-refractivity contribution < 1.29 is 0 Å². The molecule has 6 rings (SSSR count). The van der Waals surface area contributed by atoms with Crippen molar-refractivity contribution in [2.24, 2.45) is 5.92 Å². The summed E-state index contributed by atoms with van der Waals surface area (Å²) in [4.78, 5) is 2.73. The van der Waals surface area contributed by atoms with Crippen molar-refractivity contribution in [1.29, 1.82) is 0 Å². The van der Waals surface area contributed by atoms with Crippen molar-refractivity contribution in [1.82, 2.24) is 10.2 Å². The molecule has 2 nitrogen and oxygen atoms in total. The minimum absolute atomic E-state index is 0.360. The molecule has 0 amide bonds. The average Bonchev–Trinajstić information content (AvgIpc) is 2.81. The highest BCUT2D eigenvalue weighted by atomic mass is 35.5. The molecule has 3 heteroatoms. The van der Waals surface area contributed by atoms with Crippen LogP contribution in [-0.2, 0) is 6.54 Å². The van der Waals surface area contributed by atoms with Gasteiger partial charge in [-0.15, -0.1) is 0 Å². The van der Waals surface area contributed by atoms with Gasteiger partial charge in [-0.25, -0.2) is 0 Å². The van der Waals surface area contributed by atoms with Gasteiger partial charge in [0.15, 0.2) is 0 Å². The van der Waals surface area contributed by atoms with E-state index in [2.05, 4.69) is 83.0 Å². The second-order valence-electron chi connectivity index (χ2n) is 8.66. The van der Waals surface area contributed by atoms with Crippen molar-refractivity contribution in [2.45, 2.75) is 37.4 Å². The Labute approximate surface area is 184 Å². The van der Waals surface area contributed by atoms with Crippen molar-refractivity contribution in [2.75, 3.05) is 13.1 Å². The number of nitrogens with zero attached hydrogens (tertiary/aromatic N) is 1. The second kappa shape index (κ2) is 8.93. The number of piperidine rings is 3. The third-order valence-corrected chi connectivity index (χ3v) is 7.39. The lowest BCUT2D eigenvalue weighted by molar-refractivity contribution is 0.00468. The molecule has 0 spiro atoms. The molecule has 0 radical (unpaired) electrons. The Hall–Kier alpha value is -2.13. The van der Waals surface area contributed by atoms with Gasteiger partial charge in [0.25, 0.3) is 0 Å². The molecule has 2 atom stereocenters. The van der Waals surface area contributed by atoms with Crippen LogP contribution in [0.3, 0.4) is 0 Å². The van der Waals surface area contributed by atoms with Gasteiger partial charge in [0.05, 0.1) is 0 Å². The molecular weight excluding hydrogens is 388 g/mol. The molecule has 0 aromatic heterocycles. The topological polar surface area (TPSA) is 15.3 Å². The van der Waals surface area contributed by atoms with E-state index in [-0.39, 0.29) is 0 Å². The third-order valence-electron chi connectivity index (χ3n) is 7.02. The van der Waals surface area contributed by atoms with Crippen LogP contribution in [0.5, 0.6) is 0 Å². The fourth-order valence-electron chi connectivity index (χ4n) is 5.57. The van der Waals surface area contributed by atoms with E-state index >= 15 is 0 Å². The van der Waals surface area contributed by atoms with Crippen LogP contribution in [0, 0.1) is 5.92 Å². The molecule has 1 N–H and O–H groups in total. The smallest absolute Gasteiger partial charge is 0.0450 e. The zero-order valence-electron chi connectivity index (χ0n) is 17.3. The summed E-state index contributed by atoms with van der Waals surface area (Å²) < 4.78 is 0. The molecule has 0 aliphatic carbocycles. The predicted molar refractivity (Wildman–Crippen MR) is 125 cm³/mol. The first-order chi connectivity index (χ1) is 14.8. The molecule has 3 saturated heterocycles. The largest absolute Gasteiger partial charge is 0.308 e. The first-order valence-corrected chi connectivity index (χ1v) is 11.5. The number of nitrogens with one attached hydrogen (secondary N) is 1. The van der Waals surface area contributed by atoms with Crippen LogP contribution in [0.25, 0.3) is 0 Å². The lowest BCUT2D eigenvalue weighted by Crippen LogP contribution is -2.64. The highest BCUT2D eigenvalue weighted by Gasteiger charge is 2.46. The maximum atomic E-state index is 6.46. The van der Waals surface area contributed by atoms with E-state index in [0.717, 1.165) is 17.5 Å². The van der Waals surface area contributed by atoms with E-state index in [1.54, 1.807) is 0 Å². The summed E-state index contributed by atoms with van der Waals surface area (Å²) in [5.74, 6) is 1.08. The number of benzene rings is 3. The average molecular weight is 417 g/mol.